The molecule has 2 rings (SSSR count). The molecule has 0 spiro atoms. The van der Waals surface area contributed by atoms with Gasteiger partial charge in [0.15, 0.2) is 11.6 Å². The zero-order valence-electron chi connectivity index (χ0n) is 15.1. The summed E-state index contributed by atoms with van der Waals surface area (Å²) in [5, 5.41) is 19.8. The molecule has 1 aromatic rings. The standard InChI is InChI=1S/C19H21F2NO4/c1-5-19(12-8-7-9-13(20)16(12)21)14(17(23)24)10(3)22(6-2)11(4)15(19)18(25)26/h7-9H,5-6H2,1-4H3,(H,23,24)(H,25,26). The Morgan fingerprint density at radius 2 is 1.54 bits per heavy atom. The van der Waals surface area contributed by atoms with Crippen molar-refractivity contribution in [2.24, 2.45) is 0 Å². The van der Waals surface area contributed by atoms with Crippen molar-refractivity contribution in [3.8, 4) is 0 Å². The molecule has 1 heterocycles. The Kier molecular flexibility index (Phi) is 5.21. The van der Waals surface area contributed by atoms with Gasteiger partial charge < -0.3 is 15.1 Å². The zero-order valence-corrected chi connectivity index (χ0v) is 15.1. The molecular weight excluding hydrogens is 344 g/mol. The molecule has 0 amide bonds. The van der Waals surface area contributed by atoms with Crippen LogP contribution in [0.5, 0.6) is 0 Å². The number of nitrogens with zero attached hydrogens (tertiary/aromatic N) is 1. The zero-order chi connectivity index (χ0) is 19.8. The average Bonchev–Trinajstić information content (AvgIpc) is 2.56. The lowest BCUT2D eigenvalue weighted by atomic mass is 9.63. The molecule has 0 saturated carbocycles. The fourth-order valence-electron chi connectivity index (χ4n) is 4.06. The number of hydrogen-bond acceptors (Lipinski definition) is 3. The highest BCUT2D eigenvalue weighted by molar-refractivity contribution is 6.00. The van der Waals surface area contributed by atoms with Crippen LogP contribution in [0.1, 0.15) is 39.7 Å². The lowest BCUT2D eigenvalue weighted by molar-refractivity contribution is -0.134. The van der Waals surface area contributed by atoms with E-state index < -0.39 is 29.0 Å². The number of halogens is 2. The Bertz CT molecular complexity index is 804. The van der Waals surface area contributed by atoms with Gasteiger partial charge in [-0.05, 0) is 33.3 Å². The van der Waals surface area contributed by atoms with Crippen LogP contribution in [-0.2, 0) is 15.0 Å². The number of rotatable bonds is 5. The highest BCUT2D eigenvalue weighted by atomic mass is 19.2. The van der Waals surface area contributed by atoms with Crippen LogP contribution in [0.2, 0.25) is 0 Å². The summed E-state index contributed by atoms with van der Waals surface area (Å²) >= 11 is 0. The third-order valence-corrected chi connectivity index (χ3v) is 5.07. The molecule has 0 aliphatic carbocycles. The van der Waals surface area contributed by atoms with Gasteiger partial charge in [-0.25, -0.2) is 18.4 Å². The summed E-state index contributed by atoms with van der Waals surface area (Å²) < 4.78 is 28.6. The van der Waals surface area contributed by atoms with E-state index in [4.69, 9.17) is 0 Å². The van der Waals surface area contributed by atoms with Gasteiger partial charge in [0, 0.05) is 23.5 Å². The fourth-order valence-corrected chi connectivity index (χ4v) is 4.06. The second-order valence-electron chi connectivity index (χ2n) is 6.14. The molecule has 1 aliphatic rings. The molecule has 7 heteroatoms. The van der Waals surface area contributed by atoms with Crippen LogP contribution in [0.4, 0.5) is 8.78 Å². The topological polar surface area (TPSA) is 77.8 Å². The van der Waals surface area contributed by atoms with E-state index in [2.05, 4.69) is 0 Å². The highest BCUT2D eigenvalue weighted by Gasteiger charge is 2.52. The summed E-state index contributed by atoms with van der Waals surface area (Å²) in [4.78, 5) is 25.8. The Balaban J connectivity index is 3.06. The van der Waals surface area contributed by atoms with Crippen molar-refractivity contribution in [2.75, 3.05) is 6.54 Å². The smallest absolute Gasteiger partial charge is 0.334 e. The summed E-state index contributed by atoms with van der Waals surface area (Å²) in [6.07, 6.45) is -0.0527. The lowest BCUT2D eigenvalue weighted by Gasteiger charge is -2.44. The third kappa shape index (κ3) is 2.58. The molecule has 2 N–H and O–H groups in total. The third-order valence-electron chi connectivity index (χ3n) is 5.07. The van der Waals surface area contributed by atoms with Gasteiger partial charge in [0.1, 0.15) is 0 Å². The Labute approximate surface area is 150 Å². The first-order valence-electron chi connectivity index (χ1n) is 8.26. The van der Waals surface area contributed by atoms with Gasteiger partial charge in [0.05, 0.1) is 16.6 Å². The van der Waals surface area contributed by atoms with E-state index >= 15 is 0 Å². The Hall–Kier alpha value is -2.70. The number of carboxylic acids is 2. The van der Waals surface area contributed by atoms with Crippen LogP contribution < -0.4 is 0 Å². The molecule has 0 fully saturated rings. The molecule has 1 aromatic carbocycles. The van der Waals surface area contributed by atoms with E-state index in [0.717, 1.165) is 6.07 Å². The summed E-state index contributed by atoms with van der Waals surface area (Å²) in [6, 6.07) is 3.41. The van der Waals surface area contributed by atoms with Gasteiger partial charge in [0.25, 0.3) is 0 Å². The van der Waals surface area contributed by atoms with E-state index in [-0.39, 0.29) is 23.1 Å². The number of benzene rings is 1. The second kappa shape index (κ2) is 6.90. The van der Waals surface area contributed by atoms with Gasteiger partial charge >= 0.3 is 11.9 Å². The number of carboxylic acid groups (broad SMARTS) is 2. The van der Waals surface area contributed by atoms with E-state index in [1.165, 1.54) is 12.1 Å². The lowest BCUT2D eigenvalue weighted by Crippen LogP contribution is -2.46. The maximum atomic E-state index is 14.7. The molecule has 0 aromatic heterocycles. The molecule has 5 nitrogen and oxygen atoms in total. The normalized spacial score (nSPS) is 16.9. The highest BCUT2D eigenvalue weighted by Crippen LogP contribution is 2.50. The van der Waals surface area contributed by atoms with Crippen LogP contribution in [0.3, 0.4) is 0 Å². The van der Waals surface area contributed by atoms with Crippen LogP contribution in [0.15, 0.2) is 40.7 Å². The summed E-state index contributed by atoms with van der Waals surface area (Å²) in [6.45, 7) is 6.77. The summed E-state index contributed by atoms with van der Waals surface area (Å²) in [7, 11) is 0. The van der Waals surface area contributed by atoms with Crippen molar-refractivity contribution in [2.45, 2.75) is 39.5 Å². The van der Waals surface area contributed by atoms with Gasteiger partial charge in [-0.2, -0.15) is 0 Å². The van der Waals surface area contributed by atoms with Crippen molar-refractivity contribution in [1.82, 2.24) is 4.90 Å². The minimum absolute atomic E-state index is 0.0527. The fraction of sp³-hybridized carbons (Fsp3) is 0.368. The van der Waals surface area contributed by atoms with Gasteiger partial charge in [-0.3, -0.25) is 0 Å². The van der Waals surface area contributed by atoms with Gasteiger partial charge in [-0.1, -0.05) is 19.1 Å². The van der Waals surface area contributed by atoms with Crippen LogP contribution >= 0.6 is 0 Å². The summed E-state index contributed by atoms with van der Waals surface area (Å²) in [5.74, 6) is -5.12. The van der Waals surface area contributed by atoms with Crippen LogP contribution in [-0.4, -0.2) is 33.6 Å². The van der Waals surface area contributed by atoms with Crippen molar-refractivity contribution in [3.63, 3.8) is 0 Å². The van der Waals surface area contributed by atoms with Crippen LogP contribution in [0.25, 0.3) is 0 Å². The monoisotopic (exact) mass is 365 g/mol. The Morgan fingerprint density at radius 3 is 1.92 bits per heavy atom. The average molecular weight is 365 g/mol. The molecule has 140 valence electrons. The van der Waals surface area contributed by atoms with Crippen molar-refractivity contribution >= 4 is 11.9 Å². The maximum absolute atomic E-state index is 14.7. The molecule has 0 unspecified atom stereocenters. The second-order valence-corrected chi connectivity index (χ2v) is 6.14. The van der Waals surface area contributed by atoms with Gasteiger partial charge in [0.2, 0.25) is 0 Å². The van der Waals surface area contributed by atoms with E-state index in [9.17, 15) is 28.6 Å². The van der Waals surface area contributed by atoms with Crippen molar-refractivity contribution in [3.05, 3.63) is 57.9 Å². The number of aliphatic carboxylic acids is 2. The predicted octanol–water partition coefficient (Wildman–Crippen LogP) is 3.67. The van der Waals surface area contributed by atoms with Crippen molar-refractivity contribution < 1.29 is 28.6 Å². The minimum Gasteiger partial charge on any atom is -0.478 e. The number of hydrogen-bond donors (Lipinski definition) is 2. The molecule has 0 radical (unpaired) electrons. The van der Waals surface area contributed by atoms with E-state index in [1.54, 1.807) is 32.6 Å². The van der Waals surface area contributed by atoms with Crippen molar-refractivity contribution in [1.29, 1.82) is 0 Å². The minimum atomic E-state index is -1.80. The largest absolute Gasteiger partial charge is 0.478 e. The first kappa shape index (κ1) is 19.6. The Morgan fingerprint density at radius 1 is 1.04 bits per heavy atom. The molecule has 26 heavy (non-hydrogen) atoms. The maximum Gasteiger partial charge on any atom is 0.334 e. The van der Waals surface area contributed by atoms with E-state index in [0.29, 0.717) is 17.9 Å². The molecule has 1 aliphatic heterocycles. The summed E-state index contributed by atoms with van der Waals surface area (Å²) in [5.41, 5.74) is -1.97. The first-order valence-corrected chi connectivity index (χ1v) is 8.26. The first-order chi connectivity index (χ1) is 12.1. The van der Waals surface area contributed by atoms with E-state index in [1.807, 2.05) is 0 Å². The molecule has 0 atom stereocenters. The van der Waals surface area contributed by atoms with Crippen LogP contribution in [0, 0.1) is 11.6 Å². The SMILES string of the molecule is CCN1C(C)=C(C(=O)O)C(CC)(c2cccc(F)c2F)C(C(=O)O)=C1C. The molecule has 0 saturated heterocycles. The predicted molar refractivity (Wildman–Crippen MR) is 91.4 cm³/mol. The number of carbonyl (C=O) groups is 2. The van der Waals surface area contributed by atoms with Gasteiger partial charge in [-0.15, -0.1) is 0 Å². The number of allylic oxidation sites excluding steroid dienone is 2. The quantitative estimate of drug-likeness (QED) is 0.833. The molecular formula is C19H21F2NO4. The molecule has 0 bridgehead atoms.